The SMILES string of the molecule is NC(=O)c1ccc2c(c1)nc(-c1ccc(/C=C/c3ccccc3)cc1)n2C1CCCC1. The molecule has 0 radical (unpaired) electrons. The summed E-state index contributed by atoms with van der Waals surface area (Å²) in [5, 5.41) is 0. The van der Waals surface area contributed by atoms with Gasteiger partial charge in [0.1, 0.15) is 5.82 Å². The van der Waals surface area contributed by atoms with Gasteiger partial charge in [0.15, 0.2) is 0 Å². The van der Waals surface area contributed by atoms with E-state index in [2.05, 4.69) is 53.1 Å². The molecule has 2 N–H and O–H groups in total. The van der Waals surface area contributed by atoms with E-state index < -0.39 is 5.91 Å². The molecule has 4 heteroatoms. The van der Waals surface area contributed by atoms with Crippen molar-refractivity contribution in [3.05, 3.63) is 89.5 Å². The number of aromatic nitrogens is 2. The average Bonchev–Trinajstić information content (AvgIpc) is 3.46. The van der Waals surface area contributed by atoms with Gasteiger partial charge >= 0.3 is 0 Å². The molecule has 0 spiro atoms. The minimum atomic E-state index is -0.423. The van der Waals surface area contributed by atoms with Gasteiger partial charge in [0.25, 0.3) is 0 Å². The van der Waals surface area contributed by atoms with E-state index >= 15 is 0 Å². The number of primary amides is 1. The zero-order valence-corrected chi connectivity index (χ0v) is 17.4. The lowest BCUT2D eigenvalue weighted by Crippen LogP contribution is -2.10. The van der Waals surface area contributed by atoms with Crippen LogP contribution in [0.1, 0.15) is 53.2 Å². The van der Waals surface area contributed by atoms with Crippen molar-refractivity contribution < 1.29 is 4.79 Å². The van der Waals surface area contributed by atoms with Crippen molar-refractivity contribution in [2.24, 2.45) is 5.73 Å². The highest BCUT2D eigenvalue weighted by molar-refractivity contribution is 5.96. The fraction of sp³-hybridized carbons (Fsp3) is 0.185. The molecule has 3 aromatic carbocycles. The minimum absolute atomic E-state index is 0.423. The first kappa shape index (κ1) is 19.3. The summed E-state index contributed by atoms with van der Waals surface area (Å²) in [5.74, 6) is 0.538. The molecule has 0 saturated heterocycles. The molecule has 31 heavy (non-hydrogen) atoms. The van der Waals surface area contributed by atoms with E-state index in [0.717, 1.165) is 40.8 Å². The van der Waals surface area contributed by atoms with Crippen LogP contribution in [0.25, 0.3) is 34.6 Å². The summed E-state index contributed by atoms with van der Waals surface area (Å²) in [5.41, 5.74) is 11.3. The van der Waals surface area contributed by atoms with Gasteiger partial charge < -0.3 is 10.3 Å². The quantitative estimate of drug-likeness (QED) is 0.407. The third-order valence-corrected chi connectivity index (χ3v) is 6.10. The van der Waals surface area contributed by atoms with Crippen molar-refractivity contribution in [2.45, 2.75) is 31.7 Å². The highest BCUT2D eigenvalue weighted by Gasteiger charge is 2.23. The Morgan fingerprint density at radius 1 is 0.903 bits per heavy atom. The molecule has 1 aliphatic rings. The van der Waals surface area contributed by atoms with E-state index in [1.807, 2.05) is 30.3 Å². The number of nitrogens with two attached hydrogens (primary N) is 1. The van der Waals surface area contributed by atoms with Crippen molar-refractivity contribution in [2.75, 3.05) is 0 Å². The Balaban J connectivity index is 1.53. The van der Waals surface area contributed by atoms with Gasteiger partial charge in [-0.15, -0.1) is 0 Å². The number of benzene rings is 3. The maximum Gasteiger partial charge on any atom is 0.248 e. The fourth-order valence-electron chi connectivity index (χ4n) is 4.49. The monoisotopic (exact) mass is 407 g/mol. The molecule has 154 valence electrons. The van der Waals surface area contributed by atoms with Gasteiger partial charge in [-0.25, -0.2) is 4.98 Å². The number of fused-ring (bicyclic) bond motifs is 1. The first-order valence-electron chi connectivity index (χ1n) is 10.8. The van der Waals surface area contributed by atoms with Gasteiger partial charge in [0.05, 0.1) is 11.0 Å². The third-order valence-electron chi connectivity index (χ3n) is 6.10. The van der Waals surface area contributed by atoms with Crippen LogP contribution >= 0.6 is 0 Å². The van der Waals surface area contributed by atoms with Crippen LogP contribution in [0.5, 0.6) is 0 Å². The lowest BCUT2D eigenvalue weighted by atomic mass is 10.1. The first-order chi connectivity index (χ1) is 15.2. The van der Waals surface area contributed by atoms with Crippen molar-refractivity contribution in [1.29, 1.82) is 0 Å². The normalized spacial score (nSPS) is 14.6. The van der Waals surface area contributed by atoms with Crippen LogP contribution in [0.2, 0.25) is 0 Å². The molecule has 1 saturated carbocycles. The number of hydrogen-bond acceptors (Lipinski definition) is 2. The number of amides is 1. The maximum atomic E-state index is 11.6. The summed E-state index contributed by atoms with van der Waals surface area (Å²) in [6, 6.07) is 24.9. The van der Waals surface area contributed by atoms with Crippen molar-refractivity contribution in [3.63, 3.8) is 0 Å². The van der Waals surface area contributed by atoms with Crippen LogP contribution < -0.4 is 5.73 Å². The third kappa shape index (κ3) is 3.89. The van der Waals surface area contributed by atoms with Crippen molar-refractivity contribution in [3.8, 4) is 11.4 Å². The predicted molar refractivity (Wildman–Crippen MR) is 127 cm³/mol. The average molecular weight is 408 g/mol. The molecule has 0 aliphatic heterocycles. The molecule has 0 unspecified atom stereocenters. The van der Waals surface area contributed by atoms with Crippen molar-refractivity contribution in [1.82, 2.24) is 9.55 Å². The van der Waals surface area contributed by atoms with Crippen LogP contribution in [0.3, 0.4) is 0 Å². The largest absolute Gasteiger partial charge is 0.366 e. The molecule has 1 heterocycles. The molecule has 1 aliphatic carbocycles. The van der Waals surface area contributed by atoms with Crippen LogP contribution in [-0.2, 0) is 0 Å². The fourth-order valence-corrected chi connectivity index (χ4v) is 4.49. The molecule has 1 fully saturated rings. The van der Waals surface area contributed by atoms with E-state index in [-0.39, 0.29) is 0 Å². The number of carbonyl (C=O) groups excluding carboxylic acids is 1. The molecule has 4 aromatic rings. The van der Waals surface area contributed by atoms with E-state index in [1.165, 1.54) is 18.4 Å². The van der Waals surface area contributed by atoms with Crippen LogP contribution in [0, 0.1) is 0 Å². The molecule has 1 amide bonds. The summed E-state index contributed by atoms with van der Waals surface area (Å²) in [4.78, 5) is 16.6. The minimum Gasteiger partial charge on any atom is -0.366 e. The summed E-state index contributed by atoms with van der Waals surface area (Å²) in [7, 11) is 0. The van der Waals surface area contributed by atoms with Crippen molar-refractivity contribution >= 4 is 29.1 Å². The van der Waals surface area contributed by atoms with E-state index in [1.54, 1.807) is 6.07 Å². The Morgan fingerprint density at radius 3 is 2.26 bits per heavy atom. The van der Waals surface area contributed by atoms with Gasteiger partial charge in [0, 0.05) is 17.2 Å². The first-order valence-corrected chi connectivity index (χ1v) is 10.8. The number of hydrogen-bond donors (Lipinski definition) is 1. The summed E-state index contributed by atoms with van der Waals surface area (Å²) in [6.07, 6.45) is 9.05. The highest BCUT2D eigenvalue weighted by Crippen LogP contribution is 2.37. The Kier molecular flexibility index (Phi) is 5.13. The van der Waals surface area contributed by atoms with E-state index in [4.69, 9.17) is 10.7 Å². The maximum absolute atomic E-state index is 11.6. The molecular weight excluding hydrogens is 382 g/mol. The standard InChI is InChI=1S/C27H25N3O/c28-26(31)22-16-17-25-24(18-22)29-27(30(25)23-8-4-5-9-23)21-14-12-20(13-15-21)11-10-19-6-2-1-3-7-19/h1-3,6-7,10-18,23H,4-5,8-9H2,(H2,28,31)/b11-10+. The Bertz CT molecular complexity index is 1250. The molecule has 0 bridgehead atoms. The van der Waals surface area contributed by atoms with Gasteiger partial charge in [-0.3, -0.25) is 4.79 Å². The van der Waals surface area contributed by atoms with E-state index in [0.29, 0.717) is 11.6 Å². The van der Waals surface area contributed by atoms with Gasteiger partial charge in [-0.2, -0.15) is 0 Å². The topological polar surface area (TPSA) is 60.9 Å². The van der Waals surface area contributed by atoms with Gasteiger partial charge in [-0.05, 0) is 42.2 Å². The Morgan fingerprint density at radius 2 is 1.58 bits per heavy atom. The van der Waals surface area contributed by atoms with E-state index in [9.17, 15) is 4.79 Å². The van der Waals surface area contributed by atoms with Crippen LogP contribution in [-0.4, -0.2) is 15.5 Å². The second-order valence-electron chi connectivity index (χ2n) is 8.18. The second-order valence-corrected chi connectivity index (χ2v) is 8.18. The lowest BCUT2D eigenvalue weighted by molar-refractivity contribution is 0.100. The molecule has 4 nitrogen and oxygen atoms in total. The van der Waals surface area contributed by atoms with Crippen LogP contribution in [0.15, 0.2) is 72.8 Å². The van der Waals surface area contributed by atoms with Crippen LogP contribution in [0.4, 0.5) is 0 Å². The number of nitrogens with zero attached hydrogens (tertiary/aromatic N) is 2. The molecule has 0 atom stereocenters. The lowest BCUT2D eigenvalue weighted by Gasteiger charge is -2.16. The zero-order chi connectivity index (χ0) is 21.2. The summed E-state index contributed by atoms with van der Waals surface area (Å²) in [6.45, 7) is 0. The summed E-state index contributed by atoms with van der Waals surface area (Å²) < 4.78 is 2.36. The Labute approximate surface area is 182 Å². The second kappa shape index (κ2) is 8.23. The molecule has 5 rings (SSSR count). The smallest absolute Gasteiger partial charge is 0.248 e. The number of carbonyl (C=O) groups is 1. The molecule has 1 aromatic heterocycles. The van der Waals surface area contributed by atoms with Gasteiger partial charge in [0.2, 0.25) is 5.91 Å². The predicted octanol–water partition coefficient (Wildman–Crippen LogP) is 6.09. The number of rotatable bonds is 5. The number of imidazole rings is 1. The van der Waals surface area contributed by atoms with Gasteiger partial charge in [-0.1, -0.05) is 79.6 Å². The molecular formula is C27H25N3O. The zero-order valence-electron chi connectivity index (χ0n) is 17.4. The highest BCUT2D eigenvalue weighted by atomic mass is 16.1. The summed E-state index contributed by atoms with van der Waals surface area (Å²) >= 11 is 0. The Hall–Kier alpha value is -3.66.